The van der Waals surface area contributed by atoms with Crippen LogP contribution in [0.25, 0.3) is 0 Å². The molecule has 0 fully saturated rings. The fourth-order valence-corrected chi connectivity index (χ4v) is 0.209. The SMILES string of the molecule is O=C([O-])[13CH2][13CH2]C(=O)O. The molecule has 0 spiro atoms. The minimum absolute atomic E-state index is 0.359. The minimum Gasteiger partial charge on any atom is -0.550 e. The van der Waals surface area contributed by atoms with Crippen LogP contribution in [0.5, 0.6) is 0 Å². The Labute approximate surface area is 45.7 Å². The molecule has 0 saturated heterocycles. The Morgan fingerprint density at radius 3 is 2.00 bits per heavy atom. The predicted octanol–water partition coefficient (Wildman–Crippen LogP) is -1.40. The van der Waals surface area contributed by atoms with Gasteiger partial charge in [-0.05, 0) is 6.42 Å². The Bertz CT molecular complexity index is 92.6. The molecule has 4 nitrogen and oxygen atoms in total. The molecule has 8 heavy (non-hydrogen) atoms. The van der Waals surface area contributed by atoms with E-state index in [1.807, 2.05) is 0 Å². The average Bonchev–Trinajstić information content (AvgIpc) is 1.61. The standard InChI is InChI=1S/C4H6O4/c5-3(6)1-2-4(7)8/h1-2H2,(H,5,6)(H,7,8)/p-1/i1+1,2+1. The Morgan fingerprint density at radius 1 is 1.38 bits per heavy atom. The third-order valence-electron chi connectivity index (χ3n) is 0.543. The van der Waals surface area contributed by atoms with Gasteiger partial charge in [-0.15, -0.1) is 0 Å². The summed E-state index contributed by atoms with van der Waals surface area (Å²) in [5.74, 6) is -2.44. The number of carbonyl (C=O) groups excluding carboxylic acids is 1. The van der Waals surface area contributed by atoms with Crippen LogP contribution in [0.2, 0.25) is 0 Å². The summed E-state index contributed by atoms with van der Waals surface area (Å²) in [6.45, 7) is 0. The summed E-state index contributed by atoms with van der Waals surface area (Å²) < 4.78 is 0. The summed E-state index contributed by atoms with van der Waals surface area (Å²) in [4.78, 5) is 19.1. The summed E-state index contributed by atoms with van der Waals surface area (Å²) in [6, 6.07) is 0. The Balaban J connectivity index is 3.18. The monoisotopic (exact) mass is 119 g/mol. The Hall–Kier alpha value is -1.06. The number of hydrogen-bond donors (Lipinski definition) is 1. The highest BCUT2D eigenvalue weighted by atomic mass is 16.4. The van der Waals surface area contributed by atoms with Crippen LogP contribution < -0.4 is 5.11 Å². The predicted molar refractivity (Wildman–Crippen MR) is 21.9 cm³/mol. The van der Waals surface area contributed by atoms with Gasteiger partial charge in [0.05, 0.1) is 6.42 Å². The van der Waals surface area contributed by atoms with Crippen molar-refractivity contribution in [1.82, 2.24) is 0 Å². The first-order valence-electron chi connectivity index (χ1n) is 2.04. The van der Waals surface area contributed by atoms with Crippen molar-refractivity contribution in [3.63, 3.8) is 0 Å². The highest BCUT2D eigenvalue weighted by Crippen LogP contribution is 1.83. The van der Waals surface area contributed by atoms with Crippen LogP contribution in [0, 0.1) is 0 Å². The Morgan fingerprint density at radius 2 is 1.88 bits per heavy atom. The van der Waals surface area contributed by atoms with Gasteiger partial charge in [0.1, 0.15) is 0 Å². The summed E-state index contributed by atoms with van der Waals surface area (Å²) in [6.07, 6.45) is -0.766. The van der Waals surface area contributed by atoms with E-state index in [-0.39, 0.29) is 6.42 Å². The van der Waals surface area contributed by atoms with E-state index < -0.39 is 18.4 Å². The van der Waals surface area contributed by atoms with E-state index in [9.17, 15) is 14.7 Å². The van der Waals surface area contributed by atoms with Crippen LogP contribution in [0.1, 0.15) is 12.8 Å². The van der Waals surface area contributed by atoms with Crippen LogP contribution >= 0.6 is 0 Å². The summed E-state index contributed by atoms with van der Waals surface area (Å²) >= 11 is 0. The lowest BCUT2D eigenvalue weighted by atomic mass is 10.9. The van der Waals surface area contributed by atoms with Gasteiger partial charge >= 0.3 is 5.97 Å². The molecule has 0 heterocycles. The highest BCUT2D eigenvalue weighted by molar-refractivity contribution is 5.74. The maximum absolute atomic E-state index is 9.61. The van der Waals surface area contributed by atoms with Crippen LogP contribution in [-0.2, 0) is 9.59 Å². The average molecular weight is 119 g/mol. The molecule has 0 aliphatic rings. The third-order valence-corrected chi connectivity index (χ3v) is 0.543. The lowest BCUT2D eigenvalue weighted by Gasteiger charge is -1.94. The molecular formula is C4H5O4-. The molecule has 0 saturated carbocycles. The fourth-order valence-electron chi connectivity index (χ4n) is 0.209. The zero-order valence-electron chi connectivity index (χ0n) is 4.09. The van der Waals surface area contributed by atoms with Crippen molar-refractivity contribution < 1.29 is 19.8 Å². The third kappa shape index (κ3) is 4.94. The van der Waals surface area contributed by atoms with E-state index in [1.165, 1.54) is 0 Å². The first kappa shape index (κ1) is 6.94. The van der Waals surface area contributed by atoms with Crippen molar-refractivity contribution >= 4 is 11.9 Å². The second-order valence-electron chi connectivity index (χ2n) is 1.27. The van der Waals surface area contributed by atoms with Crippen molar-refractivity contribution in [3.05, 3.63) is 0 Å². The lowest BCUT2D eigenvalue weighted by molar-refractivity contribution is -0.305. The first-order valence-corrected chi connectivity index (χ1v) is 2.04. The molecule has 4 heteroatoms. The molecule has 0 atom stereocenters. The van der Waals surface area contributed by atoms with Gasteiger partial charge in [-0.3, -0.25) is 4.79 Å². The molecule has 0 aromatic rings. The lowest BCUT2D eigenvalue weighted by Crippen LogP contribution is -2.22. The number of hydrogen-bond acceptors (Lipinski definition) is 3. The molecule has 46 valence electrons. The number of carboxylic acids is 2. The van der Waals surface area contributed by atoms with Crippen LogP contribution in [0.4, 0.5) is 0 Å². The zero-order valence-corrected chi connectivity index (χ0v) is 4.09. The highest BCUT2D eigenvalue weighted by Gasteiger charge is 1.93. The summed E-state index contributed by atoms with van der Waals surface area (Å²) in [5.41, 5.74) is 0. The summed E-state index contributed by atoms with van der Waals surface area (Å²) in [7, 11) is 0. The smallest absolute Gasteiger partial charge is 0.303 e. The number of carbonyl (C=O) groups is 2. The maximum Gasteiger partial charge on any atom is 0.303 e. The molecule has 0 aromatic heterocycles. The van der Waals surface area contributed by atoms with Gasteiger partial charge in [0.15, 0.2) is 0 Å². The quantitative estimate of drug-likeness (QED) is 0.463. The molecule has 1 N–H and O–H groups in total. The van der Waals surface area contributed by atoms with Crippen molar-refractivity contribution in [2.45, 2.75) is 12.8 Å². The van der Waals surface area contributed by atoms with Crippen molar-refractivity contribution in [1.29, 1.82) is 0 Å². The van der Waals surface area contributed by atoms with Gasteiger partial charge in [-0.25, -0.2) is 0 Å². The van der Waals surface area contributed by atoms with Crippen molar-refractivity contribution in [3.8, 4) is 0 Å². The van der Waals surface area contributed by atoms with E-state index >= 15 is 0 Å². The van der Waals surface area contributed by atoms with Crippen LogP contribution in [-0.4, -0.2) is 17.0 Å². The minimum atomic E-state index is -1.33. The van der Waals surface area contributed by atoms with E-state index in [0.717, 1.165) is 0 Å². The molecule has 0 radical (unpaired) electrons. The fraction of sp³-hybridized carbons (Fsp3) is 0.500. The van der Waals surface area contributed by atoms with E-state index in [1.54, 1.807) is 0 Å². The second kappa shape index (κ2) is 3.01. The van der Waals surface area contributed by atoms with Gasteiger partial charge in [0, 0.05) is 5.97 Å². The molecular weight excluding hydrogens is 114 g/mol. The number of aliphatic carboxylic acids is 2. The molecule has 0 bridgehead atoms. The van der Waals surface area contributed by atoms with Gasteiger partial charge in [-0.1, -0.05) is 0 Å². The molecule has 0 aromatic carbocycles. The van der Waals surface area contributed by atoms with Gasteiger partial charge in [0.25, 0.3) is 0 Å². The molecule has 0 rings (SSSR count). The van der Waals surface area contributed by atoms with E-state index in [0.29, 0.717) is 0 Å². The molecule has 0 amide bonds. The van der Waals surface area contributed by atoms with Crippen LogP contribution in [0.15, 0.2) is 0 Å². The topological polar surface area (TPSA) is 77.4 Å². The molecule has 0 unspecified atom stereocenters. The van der Waals surface area contributed by atoms with Crippen LogP contribution in [0.3, 0.4) is 0 Å². The first-order chi connectivity index (χ1) is 3.63. The second-order valence-corrected chi connectivity index (χ2v) is 1.27. The largest absolute Gasteiger partial charge is 0.550 e. The number of rotatable bonds is 3. The van der Waals surface area contributed by atoms with E-state index in [4.69, 9.17) is 5.11 Å². The molecule has 0 aliphatic heterocycles. The van der Waals surface area contributed by atoms with Crippen molar-refractivity contribution in [2.24, 2.45) is 0 Å². The summed E-state index contributed by atoms with van der Waals surface area (Å²) in [5, 5.41) is 17.4. The Kier molecular flexibility index (Phi) is 2.61. The normalized spacial score (nSPS) is 8.50. The number of carboxylic acid groups (broad SMARTS) is 2. The van der Waals surface area contributed by atoms with Gasteiger partial charge in [-0.2, -0.15) is 0 Å². The van der Waals surface area contributed by atoms with Gasteiger partial charge in [0.2, 0.25) is 0 Å². The van der Waals surface area contributed by atoms with Crippen molar-refractivity contribution in [2.75, 3.05) is 0 Å². The molecule has 0 aliphatic carbocycles. The van der Waals surface area contributed by atoms with E-state index in [2.05, 4.69) is 0 Å². The van der Waals surface area contributed by atoms with Gasteiger partial charge < -0.3 is 15.0 Å². The zero-order chi connectivity index (χ0) is 6.57. The maximum atomic E-state index is 9.61.